The SMILES string of the molecule is CCSCCOC(=O)N(C)C(=O)Oc1cccc2c1OC(C)(C)C2. The number of hydrogen-bond donors (Lipinski definition) is 0. The Balaban J connectivity index is 1.96. The Labute approximate surface area is 146 Å². The van der Waals surface area contributed by atoms with Gasteiger partial charge in [0.2, 0.25) is 0 Å². The van der Waals surface area contributed by atoms with Crippen molar-refractivity contribution in [1.82, 2.24) is 4.90 Å². The summed E-state index contributed by atoms with van der Waals surface area (Å²) in [5.74, 6) is 2.51. The van der Waals surface area contributed by atoms with E-state index in [1.54, 1.807) is 23.9 Å². The first-order chi connectivity index (χ1) is 11.3. The van der Waals surface area contributed by atoms with E-state index in [0.29, 0.717) is 17.3 Å². The van der Waals surface area contributed by atoms with E-state index in [1.165, 1.54) is 7.05 Å². The molecule has 6 nitrogen and oxygen atoms in total. The molecule has 0 atom stereocenters. The van der Waals surface area contributed by atoms with Crippen molar-refractivity contribution < 1.29 is 23.8 Å². The van der Waals surface area contributed by atoms with Gasteiger partial charge in [0.25, 0.3) is 0 Å². The van der Waals surface area contributed by atoms with Crippen molar-refractivity contribution in [3.63, 3.8) is 0 Å². The van der Waals surface area contributed by atoms with Gasteiger partial charge in [-0.05, 0) is 25.7 Å². The molecule has 1 heterocycles. The molecule has 1 aliphatic heterocycles. The first kappa shape index (κ1) is 18.4. The lowest BCUT2D eigenvalue weighted by molar-refractivity contribution is 0.106. The van der Waals surface area contributed by atoms with Crippen LogP contribution in [0.3, 0.4) is 0 Å². The van der Waals surface area contributed by atoms with Crippen LogP contribution >= 0.6 is 11.8 Å². The second-order valence-electron chi connectivity index (χ2n) is 6.02. The second kappa shape index (κ2) is 7.79. The van der Waals surface area contributed by atoms with Gasteiger partial charge in [0.1, 0.15) is 12.2 Å². The molecule has 132 valence electrons. The fourth-order valence-corrected chi connectivity index (χ4v) is 2.82. The Morgan fingerprint density at radius 3 is 2.79 bits per heavy atom. The molecule has 7 heteroatoms. The van der Waals surface area contributed by atoms with Crippen LogP contribution in [-0.2, 0) is 11.2 Å². The highest BCUT2D eigenvalue weighted by Gasteiger charge is 2.33. The topological polar surface area (TPSA) is 65.1 Å². The van der Waals surface area contributed by atoms with Crippen molar-refractivity contribution in [2.75, 3.05) is 25.2 Å². The summed E-state index contributed by atoms with van der Waals surface area (Å²) >= 11 is 1.66. The van der Waals surface area contributed by atoms with Gasteiger partial charge in [-0.15, -0.1) is 0 Å². The van der Waals surface area contributed by atoms with Crippen LogP contribution in [0.1, 0.15) is 26.3 Å². The molecule has 0 bridgehead atoms. The predicted molar refractivity (Wildman–Crippen MR) is 93.0 cm³/mol. The van der Waals surface area contributed by atoms with Gasteiger partial charge >= 0.3 is 12.2 Å². The van der Waals surface area contributed by atoms with Gasteiger partial charge in [0, 0.05) is 24.8 Å². The zero-order valence-electron chi connectivity index (χ0n) is 14.5. The van der Waals surface area contributed by atoms with Gasteiger partial charge in [0.05, 0.1) is 0 Å². The van der Waals surface area contributed by atoms with E-state index in [9.17, 15) is 9.59 Å². The highest BCUT2D eigenvalue weighted by atomic mass is 32.2. The van der Waals surface area contributed by atoms with E-state index >= 15 is 0 Å². The van der Waals surface area contributed by atoms with Crippen molar-refractivity contribution in [1.29, 1.82) is 0 Å². The highest BCUT2D eigenvalue weighted by molar-refractivity contribution is 7.99. The summed E-state index contributed by atoms with van der Waals surface area (Å²) in [5.41, 5.74) is 0.638. The molecular formula is C17H23NO5S. The van der Waals surface area contributed by atoms with Gasteiger partial charge in [-0.2, -0.15) is 11.8 Å². The van der Waals surface area contributed by atoms with Crippen LogP contribution in [0.15, 0.2) is 18.2 Å². The van der Waals surface area contributed by atoms with Crippen LogP contribution in [0.5, 0.6) is 11.5 Å². The van der Waals surface area contributed by atoms with E-state index < -0.39 is 12.2 Å². The van der Waals surface area contributed by atoms with Crippen molar-refractivity contribution >= 4 is 23.9 Å². The van der Waals surface area contributed by atoms with E-state index in [1.807, 2.05) is 26.8 Å². The number of para-hydroxylation sites is 1. The monoisotopic (exact) mass is 353 g/mol. The number of rotatable bonds is 5. The number of thioether (sulfide) groups is 1. The molecule has 0 saturated carbocycles. The molecule has 2 rings (SSSR count). The number of carbonyl (C=O) groups is 2. The second-order valence-corrected chi connectivity index (χ2v) is 7.42. The quantitative estimate of drug-likeness (QED) is 0.752. The first-order valence-electron chi connectivity index (χ1n) is 7.85. The third-order valence-corrected chi connectivity index (χ3v) is 4.32. The Morgan fingerprint density at radius 2 is 2.08 bits per heavy atom. The standard InChI is InChI=1S/C17H23NO5S/c1-5-24-10-9-21-15(19)18(4)16(20)22-13-8-6-7-12-11-17(2,3)23-14(12)13/h6-8H,5,9-11H2,1-4H3. The largest absolute Gasteiger partial charge is 0.483 e. The van der Waals surface area contributed by atoms with E-state index in [2.05, 4.69) is 0 Å². The van der Waals surface area contributed by atoms with Gasteiger partial charge in [-0.3, -0.25) is 0 Å². The molecule has 1 aliphatic rings. The summed E-state index contributed by atoms with van der Waals surface area (Å²) in [6, 6.07) is 5.38. The number of imide groups is 1. The number of benzene rings is 1. The maximum atomic E-state index is 12.1. The van der Waals surface area contributed by atoms with Gasteiger partial charge in [-0.1, -0.05) is 19.1 Å². The molecular weight excluding hydrogens is 330 g/mol. The average molecular weight is 353 g/mol. The summed E-state index contributed by atoms with van der Waals surface area (Å²) in [6.45, 7) is 6.22. The lowest BCUT2D eigenvalue weighted by Gasteiger charge is -2.19. The van der Waals surface area contributed by atoms with Gasteiger partial charge in [0.15, 0.2) is 11.5 Å². The summed E-state index contributed by atoms with van der Waals surface area (Å²) in [7, 11) is 1.32. The minimum absolute atomic E-state index is 0.257. The molecule has 0 radical (unpaired) electrons. The number of carbonyl (C=O) groups excluding carboxylic acids is 2. The van der Waals surface area contributed by atoms with Crippen molar-refractivity contribution in [3.8, 4) is 11.5 Å². The van der Waals surface area contributed by atoms with Crippen molar-refractivity contribution in [3.05, 3.63) is 23.8 Å². The Hall–Kier alpha value is -1.89. The fraction of sp³-hybridized carbons (Fsp3) is 0.529. The van der Waals surface area contributed by atoms with Crippen LogP contribution in [-0.4, -0.2) is 47.8 Å². The number of fused-ring (bicyclic) bond motifs is 1. The number of hydrogen-bond acceptors (Lipinski definition) is 6. The number of ether oxygens (including phenoxy) is 3. The minimum Gasteiger partial charge on any atom is -0.483 e. The molecule has 24 heavy (non-hydrogen) atoms. The van der Waals surface area contributed by atoms with Crippen LogP contribution in [0.2, 0.25) is 0 Å². The molecule has 0 aliphatic carbocycles. The first-order valence-corrected chi connectivity index (χ1v) is 9.00. The molecule has 0 saturated heterocycles. The molecule has 0 unspecified atom stereocenters. The molecule has 0 N–H and O–H groups in total. The summed E-state index contributed by atoms with van der Waals surface area (Å²) in [6.07, 6.45) is -0.795. The third-order valence-electron chi connectivity index (χ3n) is 3.46. The summed E-state index contributed by atoms with van der Waals surface area (Å²) < 4.78 is 16.2. The molecule has 2 amide bonds. The Bertz CT molecular complexity index is 617. The summed E-state index contributed by atoms with van der Waals surface area (Å²) in [4.78, 5) is 24.8. The lowest BCUT2D eigenvalue weighted by Crippen LogP contribution is -2.36. The minimum atomic E-state index is -0.801. The van der Waals surface area contributed by atoms with Crippen LogP contribution in [0.25, 0.3) is 0 Å². The fourth-order valence-electron chi connectivity index (χ4n) is 2.33. The van der Waals surface area contributed by atoms with Crippen LogP contribution in [0.4, 0.5) is 9.59 Å². The van der Waals surface area contributed by atoms with Crippen LogP contribution in [0, 0.1) is 0 Å². The highest BCUT2D eigenvalue weighted by Crippen LogP contribution is 2.41. The van der Waals surface area contributed by atoms with E-state index in [-0.39, 0.29) is 12.2 Å². The molecule has 1 aromatic carbocycles. The maximum Gasteiger partial charge on any atom is 0.424 e. The molecule has 0 aromatic heterocycles. The lowest BCUT2D eigenvalue weighted by atomic mass is 10.0. The maximum absolute atomic E-state index is 12.1. The average Bonchev–Trinajstić information content (AvgIpc) is 2.85. The van der Waals surface area contributed by atoms with E-state index in [4.69, 9.17) is 14.2 Å². The number of amides is 2. The summed E-state index contributed by atoms with van der Waals surface area (Å²) in [5, 5.41) is 0. The zero-order chi connectivity index (χ0) is 17.7. The normalized spacial score (nSPS) is 14.5. The van der Waals surface area contributed by atoms with E-state index in [0.717, 1.165) is 22.6 Å². The van der Waals surface area contributed by atoms with Crippen molar-refractivity contribution in [2.24, 2.45) is 0 Å². The van der Waals surface area contributed by atoms with Gasteiger partial charge in [-0.25, -0.2) is 14.5 Å². The molecule has 0 spiro atoms. The smallest absolute Gasteiger partial charge is 0.424 e. The van der Waals surface area contributed by atoms with Crippen molar-refractivity contribution in [2.45, 2.75) is 32.8 Å². The third kappa shape index (κ3) is 4.56. The predicted octanol–water partition coefficient (Wildman–Crippen LogP) is 3.72. The molecule has 1 aromatic rings. The number of nitrogens with zero attached hydrogens (tertiary/aromatic N) is 1. The van der Waals surface area contributed by atoms with Crippen LogP contribution < -0.4 is 9.47 Å². The Morgan fingerprint density at radius 1 is 1.33 bits per heavy atom. The van der Waals surface area contributed by atoms with Gasteiger partial charge < -0.3 is 14.2 Å². The zero-order valence-corrected chi connectivity index (χ0v) is 15.3. The molecule has 0 fully saturated rings. The Kier molecular flexibility index (Phi) is 5.99.